The molecule has 0 aromatic carbocycles. The summed E-state index contributed by atoms with van der Waals surface area (Å²) >= 11 is 0. The van der Waals surface area contributed by atoms with Gasteiger partial charge in [0.1, 0.15) is 0 Å². The lowest BCUT2D eigenvalue weighted by Gasteiger charge is -2.37. The first-order chi connectivity index (χ1) is 12.4. The van der Waals surface area contributed by atoms with Crippen LogP contribution in [0.15, 0.2) is 6.07 Å². The van der Waals surface area contributed by atoms with Crippen LogP contribution >= 0.6 is 0 Å². The highest BCUT2D eigenvalue weighted by atomic mass is 16.2. The summed E-state index contributed by atoms with van der Waals surface area (Å²) in [6, 6.07) is 2.18. The molecule has 2 saturated heterocycles. The van der Waals surface area contributed by atoms with Crippen molar-refractivity contribution in [1.82, 2.24) is 20.0 Å². The summed E-state index contributed by atoms with van der Waals surface area (Å²) in [5.41, 5.74) is 7.60. The molecule has 1 aromatic heterocycles. The van der Waals surface area contributed by atoms with Crippen LogP contribution in [0.4, 0.5) is 0 Å². The highest BCUT2D eigenvalue weighted by Gasteiger charge is 2.32. The van der Waals surface area contributed by atoms with Crippen molar-refractivity contribution in [3.8, 4) is 0 Å². The molecule has 0 aliphatic carbocycles. The molecule has 2 aliphatic heterocycles. The van der Waals surface area contributed by atoms with Crippen LogP contribution in [-0.2, 0) is 9.59 Å². The van der Waals surface area contributed by atoms with E-state index in [2.05, 4.69) is 30.1 Å². The molecule has 7 heteroatoms. The van der Waals surface area contributed by atoms with Gasteiger partial charge in [0.25, 0.3) is 0 Å². The average Bonchev–Trinajstić information content (AvgIpc) is 3.11. The number of carbonyl (C=O) groups excluding carboxylic acids is 2. The Morgan fingerprint density at radius 1 is 1.27 bits per heavy atom. The van der Waals surface area contributed by atoms with E-state index in [1.54, 1.807) is 0 Å². The molecule has 3 rings (SSSR count). The number of nitrogens with two attached hydrogens (primary N) is 1. The molecule has 2 fully saturated rings. The minimum Gasteiger partial charge on any atom is -0.369 e. The van der Waals surface area contributed by atoms with Crippen molar-refractivity contribution in [3.05, 3.63) is 17.5 Å². The minimum absolute atomic E-state index is 0.000604. The Labute approximate surface area is 155 Å². The SMILES string of the molecule is CC(C)c1cc(C2CCN(C(=O)C3CCCN(CC(N)=O)C3)CC2)[nH]n1. The normalized spacial score (nSPS) is 22.7. The number of hydrogen-bond acceptors (Lipinski definition) is 4. The maximum absolute atomic E-state index is 12.9. The molecule has 1 unspecified atom stereocenters. The first kappa shape index (κ1) is 18.9. The molecule has 0 bridgehead atoms. The van der Waals surface area contributed by atoms with Crippen LogP contribution in [0.25, 0.3) is 0 Å². The molecular formula is C19H31N5O2. The summed E-state index contributed by atoms with van der Waals surface area (Å²) in [4.78, 5) is 28.0. The predicted octanol–water partition coefficient (Wildman–Crippen LogP) is 1.44. The van der Waals surface area contributed by atoms with Gasteiger partial charge in [-0.2, -0.15) is 5.10 Å². The number of nitrogens with one attached hydrogen (secondary N) is 1. The van der Waals surface area contributed by atoms with Gasteiger partial charge in [-0.05, 0) is 44.2 Å². The van der Waals surface area contributed by atoms with Gasteiger partial charge in [-0.3, -0.25) is 19.6 Å². The van der Waals surface area contributed by atoms with Crippen LogP contribution in [0.3, 0.4) is 0 Å². The Bertz CT molecular complexity index is 634. The summed E-state index contributed by atoms with van der Waals surface area (Å²) in [7, 11) is 0. The van der Waals surface area contributed by atoms with E-state index in [4.69, 9.17) is 5.73 Å². The van der Waals surface area contributed by atoms with Crippen LogP contribution in [-0.4, -0.2) is 64.5 Å². The lowest BCUT2D eigenvalue weighted by Crippen LogP contribution is -2.48. The highest BCUT2D eigenvalue weighted by Crippen LogP contribution is 2.29. The van der Waals surface area contributed by atoms with Crippen molar-refractivity contribution in [2.24, 2.45) is 11.7 Å². The third-order valence-corrected chi connectivity index (χ3v) is 5.69. The van der Waals surface area contributed by atoms with Gasteiger partial charge in [0.15, 0.2) is 0 Å². The molecule has 2 amide bonds. The molecule has 3 N–H and O–H groups in total. The number of likely N-dealkylation sites (tertiary alicyclic amines) is 2. The van der Waals surface area contributed by atoms with Crippen LogP contribution < -0.4 is 5.73 Å². The molecule has 0 saturated carbocycles. The van der Waals surface area contributed by atoms with Gasteiger partial charge in [0.05, 0.1) is 18.2 Å². The monoisotopic (exact) mass is 361 g/mol. The summed E-state index contributed by atoms with van der Waals surface area (Å²) in [5.74, 6) is 0.803. The fourth-order valence-electron chi connectivity index (χ4n) is 4.15. The van der Waals surface area contributed by atoms with E-state index in [0.717, 1.165) is 51.0 Å². The Hall–Kier alpha value is -1.89. The lowest BCUT2D eigenvalue weighted by atomic mass is 9.90. The number of H-pyrrole nitrogens is 1. The van der Waals surface area contributed by atoms with E-state index in [-0.39, 0.29) is 24.3 Å². The average molecular weight is 361 g/mol. The van der Waals surface area contributed by atoms with E-state index in [0.29, 0.717) is 18.4 Å². The van der Waals surface area contributed by atoms with E-state index in [1.165, 1.54) is 5.69 Å². The molecular weight excluding hydrogens is 330 g/mol. The van der Waals surface area contributed by atoms with Crippen molar-refractivity contribution >= 4 is 11.8 Å². The fraction of sp³-hybridized carbons (Fsp3) is 0.737. The van der Waals surface area contributed by atoms with E-state index >= 15 is 0 Å². The number of hydrogen-bond donors (Lipinski definition) is 2. The first-order valence-corrected chi connectivity index (χ1v) is 9.78. The van der Waals surface area contributed by atoms with Gasteiger partial charge in [-0.15, -0.1) is 0 Å². The Balaban J connectivity index is 1.52. The quantitative estimate of drug-likeness (QED) is 0.829. The largest absolute Gasteiger partial charge is 0.369 e. The van der Waals surface area contributed by atoms with Crippen molar-refractivity contribution in [2.75, 3.05) is 32.7 Å². The topological polar surface area (TPSA) is 95.3 Å². The standard InChI is InChI=1S/C19H31N5O2/c1-13(2)16-10-17(22-21-16)14-5-8-24(9-6-14)19(26)15-4-3-7-23(11-15)12-18(20)25/h10,13-15H,3-9,11-12H2,1-2H3,(H2,20,25)(H,21,22). The Morgan fingerprint density at radius 3 is 2.62 bits per heavy atom. The lowest BCUT2D eigenvalue weighted by molar-refractivity contribution is -0.139. The number of rotatable bonds is 5. The maximum atomic E-state index is 12.9. The van der Waals surface area contributed by atoms with Crippen LogP contribution in [0.1, 0.15) is 62.8 Å². The Morgan fingerprint density at radius 2 is 2.00 bits per heavy atom. The molecule has 0 spiro atoms. The zero-order valence-electron chi connectivity index (χ0n) is 15.9. The number of aromatic nitrogens is 2. The van der Waals surface area contributed by atoms with Gasteiger partial charge in [-0.1, -0.05) is 13.8 Å². The van der Waals surface area contributed by atoms with Gasteiger partial charge in [0.2, 0.25) is 11.8 Å². The fourth-order valence-corrected chi connectivity index (χ4v) is 4.15. The summed E-state index contributed by atoms with van der Waals surface area (Å²) in [5, 5.41) is 7.59. The number of nitrogens with zero attached hydrogens (tertiary/aromatic N) is 3. The first-order valence-electron chi connectivity index (χ1n) is 9.78. The van der Waals surface area contributed by atoms with Crippen molar-refractivity contribution in [1.29, 1.82) is 0 Å². The van der Waals surface area contributed by atoms with Crippen molar-refractivity contribution < 1.29 is 9.59 Å². The van der Waals surface area contributed by atoms with Crippen LogP contribution in [0.5, 0.6) is 0 Å². The summed E-state index contributed by atoms with van der Waals surface area (Å²) < 4.78 is 0. The second-order valence-electron chi connectivity index (χ2n) is 8.04. The van der Waals surface area contributed by atoms with Crippen molar-refractivity contribution in [2.45, 2.75) is 51.4 Å². The third kappa shape index (κ3) is 4.44. The highest BCUT2D eigenvalue weighted by molar-refractivity contribution is 5.80. The number of piperidine rings is 2. The number of aromatic amines is 1. The number of carbonyl (C=O) groups is 2. The summed E-state index contributed by atoms with van der Waals surface area (Å²) in [6.07, 6.45) is 3.81. The van der Waals surface area contributed by atoms with E-state index < -0.39 is 0 Å². The molecule has 1 atom stereocenters. The van der Waals surface area contributed by atoms with Gasteiger partial charge < -0.3 is 10.6 Å². The predicted molar refractivity (Wildman–Crippen MR) is 99.6 cm³/mol. The second-order valence-corrected chi connectivity index (χ2v) is 8.04. The zero-order chi connectivity index (χ0) is 18.7. The van der Waals surface area contributed by atoms with Crippen LogP contribution in [0.2, 0.25) is 0 Å². The molecule has 3 heterocycles. The van der Waals surface area contributed by atoms with Crippen molar-refractivity contribution in [3.63, 3.8) is 0 Å². The third-order valence-electron chi connectivity index (χ3n) is 5.69. The van der Waals surface area contributed by atoms with Gasteiger partial charge in [0, 0.05) is 31.2 Å². The molecule has 2 aliphatic rings. The minimum atomic E-state index is -0.320. The Kier molecular flexibility index (Phi) is 5.96. The number of amides is 2. The second kappa shape index (κ2) is 8.20. The molecule has 26 heavy (non-hydrogen) atoms. The smallest absolute Gasteiger partial charge is 0.231 e. The zero-order valence-corrected chi connectivity index (χ0v) is 15.9. The van der Waals surface area contributed by atoms with E-state index in [1.807, 2.05) is 9.80 Å². The molecule has 1 aromatic rings. The molecule has 0 radical (unpaired) electrons. The van der Waals surface area contributed by atoms with E-state index in [9.17, 15) is 9.59 Å². The van der Waals surface area contributed by atoms with Crippen LogP contribution in [0, 0.1) is 5.92 Å². The molecule has 144 valence electrons. The number of primary amides is 1. The molecule has 7 nitrogen and oxygen atoms in total. The van der Waals surface area contributed by atoms with Gasteiger partial charge >= 0.3 is 0 Å². The van der Waals surface area contributed by atoms with Gasteiger partial charge in [-0.25, -0.2) is 0 Å². The maximum Gasteiger partial charge on any atom is 0.231 e. The summed E-state index contributed by atoms with van der Waals surface area (Å²) in [6.45, 7) is 7.65.